The predicted molar refractivity (Wildman–Crippen MR) is 56.5 cm³/mol. The van der Waals surface area contributed by atoms with Crippen molar-refractivity contribution in [2.45, 2.75) is 0 Å². The van der Waals surface area contributed by atoms with Crippen molar-refractivity contribution in [2.75, 3.05) is 13.2 Å². The molecule has 1 atom stereocenters. The first-order chi connectivity index (χ1) is 6.72. The predicted octanol–water partition coefficient (Wildman–Crippen LogP) is 1.60. The van der Waals surface area contributed by atoms with Gasteiger partial charge in [-0.3, -0.25) is 4.79 Å². The number of fused-ring (bicyclic) bond motifs is 1. The van der Waals surface area contributed by atoms with Gasteiger partial charge in [-0.1, -0.05) is 15.9 Å². The van der Waals surface area contributed by atoms with Gasteiger partial charge >= 0.3 is 0 Å². The number of carbonyl (C=O) groups excluding carboxylic acids is 1. The van der Waals surface area contributed by atoms with E-state index in [1.165, 1.54) is 0 Å². The van der Waals surface area contributed by atoms with Crippen molar-refractivity contribution < 1.29 is 9.53 Å². The first kappa shape index (κ1) is 9.68. The fraction of sp³-hybridized carbons (Fsp3) is 0.300. The largest absolute Gasteiger partial charge is 0.492 e. The van der Waals surface area contributed by atoms with E-state index in [4.69, 9.17) is 10.5 Å². The topological polar surface area (TPSA) is 52.3 Å². The Morgan fingerprint density at radius 2 is 2.36 bits per heavy atom. The third-order valence-corrected chi connectivity index (χ3v) is 2.80. The molecule has 0 aliphatic carbocycles. The van der Waals surface area contributed by atoms with Gasteiger partial charge in [0.25, 0.3) is 0 Å². The molecule has 2 rings (SSSR count). The van der Waals surface area contributed by atoms with Gasteiger partial charge in [-0.15, -0.1) is 0 Å². The van der Waals surface area contributed by atoms with Crippen LogP contribution in [0.15, 0.2) is 22.7 Å². The summed E-state index contributed by atoms with van der Waals surface area (Å²) in [5, 5.41) is 0. The first-order valence-corrected chi connectivity index (χ1v) is 5.18. The Morgan fingerprint density at radius 1 is 1.57 bits per heavy atom. The Balaban J connectivity index is 2.43. The smallest absolute Gasteiger partial charge is 0.174 e. The minimum Gasteiger partial charge on any atom is -0.492 e. The maximum Gasteiger partial charge on any atom is 0.174 e. The van der Waals surface area contributed by atoms with E-state index in [0.29, 0.717) is 24.5 Å². The zero-order chi connectivity index (χ0) is 10.1. The molecule has 2 N–H and O–H groups in total. The van der Waals surface area contributed by atoms with Crippen LogP contribution in [-0.4, -0.2) is 18.9 Å². The van der Waals surface area contributed by atoms with Crippen molar-refractivity contribution in [3.05, 3.63) is 28.2 Å². The van der Waals surface area contributed by atoms with Crippen molar-refractivity contribution in [1.29, 1.82) is 0 Å². The minimum absolute atomic E-state index is 0.0788. The summed E-state index contributed by atoms with van der Waals surface area (Å²) in [5.74, 6) is 0.537. The van der Waals surface area contributed by atoms with E-state index in [1.807, 2.05) is 6.07 Å². The maximum atomic E-state index is 11.8. The summed E-state index contributed by atoms with van der Waals surface area (Å²) < 4.78 is 6.31. The number of benzene rings is 1. The van der Waals surface area contributed by atoms with Gasteiger partial charge in [-0.05, 0) is 18.2 Å². The quantitative estimate of drug-likeness (QED) is 0.830. The number of carbonyl (C=O) groups is 1. The highest BCUT2D eigenvalue weighted by Gasteiger charge is 2.27. The fourth-order valence-electron chi connectivity index (χ4n) is 1.48. The summed E-state index contributed by atoms with van der Waals surface area (Å²) in [5.41, 5.74) is 6.10. The third-order valence-electron chi connectivity index (χ3n) is 2.30. The van der Waals surface area contributed by atoms with Crippen LogP contribution in [0.4, 0.5) is 0 Å². The molecule has 3 nitrogen and oxygen atoms in total. The number of ether oxygens (including phenoxy) is 1. The monoisotopic (exact) mass is 255 g/mol. The van der Waals surface area contributed by atoms with Crippen LogP contribution in [0.25, 0.3) is 0 Å². The molecular weight excluding hydrogens is 246 g/mol. The van der Waals surface area contributed by atoms with E-state index in [-0.39, 0.29) is 11.7 Å². The van der Waals surface area contributed by atoms with Gasteiger partial charge in [-0.25, -0.2) is 0 Å². The van der Waals surface area contributed by atoms with Crippen molar-refractivity contribution in [3.8, 4) is 5.75 Å². The Kier molecular flexibility index (Phi) is 2.56. The zero-order valence-corrected chi connectivity index (χ0v) is 9.08. The van der Waals surface area contributed by atoms with Crippen molar-refractivity contribution in [1.82, 2.24) is 0 Å². The fourth-order valence-corrected chi connectivity index (χ4v) is 1.84. The lowest BCUT2D eigenvalue weighted by atomic mass is 9.95. The number of hydrogen-bond donors (Lipinski definition) is 1. The number of halogens is 1. The van der Waals surface area contributed by atoms with Gasteiger partial charge in [0.1, 0.15) is 5.75 Å². The lowest BCUT2D eigenvalue weighted by molar-refractivity contribution is 0.0839. The second-order valence-corrected chi connectivity index (χ2v) is 4.16. The Labute approximate surface area is 90.4 Å². The van der Waals surface area contributed by atoms with E-state index in [9.17, 15) is 4.79 Å². The lowest BCUT2D eigenvalue weighted by Crippen LogP contribution is -2.33. The van der Waals surface area contributed by atoms with Crippen LogP contribution in [0.2, 0.25) is 0 Å². The molecule has 0 radical (unpaired) electrons. The van der Waals surface area contributed by atoms with Crippen LogP contribution < -0.4 is 10.5 Å². The number of nitrogens with two attached hydrogens (primary N) is 1. The summed E-state index contributed by atoms with van der Waals surface area (Å²) >= 11 is 3.32. The van der Waals surface area contributed by atoms with E-state index >= 15 is 0 Å². The highest BCUT2D eigenvalue weighted by Crippen LogP contribution is 2.29. The van der Waals surface area contributed by atoms with Crippen LogP contribution in [0.3, 0.4) is 0 Å². The highest BCUT2D eigenvalue weighted by molar-refractivity contribution is 9.10. The third kappa shape index (κ3) is 1.55. The molecule has 0 aromatic heterocycles. The zero-order valence-electron chi connectivity index (χ0n) is 7.50. The average Bonchev–Trinajstić information content (AvgIpc) is 2.20. The van der Waals surface area contributed by atoms with Gasteiger partial charge in [0.2, 0.25) is 0 Å². The van der Waals surface area contributed by atoms with Gasteiger partial charge in [0.05, 0.1) is 18.1 Å². The first-order valence-electron chi connectivity index (χ1n) is 4.39. The molecular formula is C10H10BrNO2. The summed E-state index contributed by atoms with van der Waals surface area (Å²) in [6, 6.07) is 5.43. The molecule has 4 heteroatoms. The lowest BCUT2D eigenvalue weighted by Gasteiger charge is -2.22. The Bertz CT molecular complexity index is 378. The Morgan fingerprint density at radius 3 is 3.07 bits per heavy atom. The summed E-state index contributed by atoms with van der Waals surface area (Å²) in [4.78, 5) is 11.8. The van der Waals surface area contributed by atoms with E-state index < -0.39 is 0 Å². The number of ketones is 1. The molecule has 1 aromatic rings. The second kappa shape index (κ2) is 3.71. The normalized spacial score (nSPS) is 20.1. The van der Waals surface area contributed by atoms with E-state index in [0.717, 1.165) is 4.47 Å². The number of Topliss-reactive ketones (excluding diaryl/α,β-unsaturated/α-hetero) is 1. The van der Waals surface area contributed by atoms with Gasteiger partial charge < -0.3 is 10.5 Å². The van der Waals surface area contributed by atoms with E-state index in [1.54, 1.807) is 12.1 Å². The Hall–Kier alpha value is -0.870. The molecule has 0 spiro atoms. The summed E-state index contributed by atoms with van der Waals surface area (Å²) in [6.45, 7) is 0.731. The summed E-state index contributed by atoms with van der Waals surface area (Å²) in [7, 11) is 0. The van der Waals surface area contributed by atoms with Crippen molar-refractivity contribution in [2.24, 2.45) is 11.7 Å². The maximum absolute atomic E-state index is 11.8. The molecule has 1 aromatic carbocycles. The molecule has 0 saturated heterocycles. The highest BCUT2D eigenvalue weighted by atomic mass is 79.9. The average molecular weight is 256 g/mol. The van der Waals surface area contributed by atoms with Gasteiger partial charge in [0, 0.05) is 11.0 Å². The molecule has 1 aliphatic heterocycles. The van der Waals surface area contributed by atoms with Crippen molar-refractivity contribution >= 4 is 21.7 Å². The number of hydrogen-bond acceptors (Lipinski definition) is 3. The van der Waals surface area contributed by atoms with Crippen LogP contribution in [0.5, 0.6) is 5.75 Å². The van der Waals surface area contributed by atoms with Gasteiger partial charge in [-0.2, -0.15) is 0 Å². The van der Waals surface area contributed by atoms with Crippen molar-refractivity contribution in [3.63, 3.8) is 0 Å². The standard InChI is InChI=1S/C10H10BrNO2/c11-7-1-2-9-8(3-7)10(13)6(4-12)5-14-9/h1-3,6H,4-5,12H2. The van der Waals surface area contributed by atoms with Crippen LogP contribution in [0, 0.1) is 5.92 Å². The number of rotatable bonds is 1. The molecule has 0 saturated carbocycles. The molecule has 14 heavy (non-hydrogen) atoms. The molecule has 0 amide bonds. The van der Waals surface area contributed by atoms with Crippen LogP contribution in [-0.2, 0) is 0 Å². The SMILES string of the molecule is NCC1COc2ccc(Br)cc2C1=O. The van der Waals surface area contributed by atoms with Crippen LogP contribution >= 0.6 is 15.9 Å². The molecule has 1 aliphatic rings. The second-order valence-electron chi connectivity index (χ2n) is 3.25. The molecule has 1 heterocycles. The summed E-state index contributed by atoms with van der Waals surface area (Å²) in [6.07, 6.45) is 0. The van der Waals surface area contributed by atoms with Crippen LogP contribution in [0.1, 0.15) is 10.4 Å². The van der Waals surface area contributed by atoms with Gasteiger partial charge in [0.15, 0.2) is 5.78 Å². The minimum atomic E-state index is -0.197. The molecule has 1 unspecified atom stereocenters. The molecule has 74 valence electrons. The molecule has 0 fully saturated rings. The van der Waals surface area contributed by atoms with E-state index in [2.05, 4.69) is 15.9 Å². The molecule has 0 bridgehead atoms.